The number of rotatable bonds is 9. The number of hydrogen-bond acceptors (Lipinski definition) is 10. The van der Waals surface area contributed by atoms with Crippen molar-refractivity contribution in [2.24, 2.45) is 0 Å². The Balaban J connectivity index is 1.41. The van der Waals surface area contributed by atoms with Crippen molar-refractivity contribution < 1.29 is 8.42 Å². The normalized spacial score (nSPS) is 10.8. The highest BCUT2D eigenvalue weighted by atomic mass is 32.2. The molecular formula is C22H23N9O2S. The number of nitrogens with zero attached hydrogens (tertiary/aromatic N) is 2. The largest absolute Gasteiger partial charge is 0.382 e. The highest BCUT2D eigenvalue weighted by Gasteiger charge is 2.14. The fourth-order valence-corrected chi connectivity index (χ4v) is 3.89. The smallest absolute Gasteiger partial charge is 0.263 e. The Bertz CT molecular complexity index is 1350. The van der Waals surface area contributed by atoms with E-state index in [1.165, 1.54) is 18.3 Å². The standard InChI is InChI=1S/C22H23N9O2S/c23-21-18(29-27-15-6-2-1-3-7-15)14-19(22(24)26-21)30-28-16-9-11-17(12-10-16)34(32,33)31-20-8-4-5-13-25-20/h1-14,27-30H,(H,25,31)(H4,23,24,26). The second-order valence-corrected chi connectivity index (χ2v) is 8.75. The molecule has 0 saturated carbocycles. The molecule has 4 rings (SSSR count). The number of nitrogen functional groups attached to an aromatic ring is 2. The maximum atomic E-state index is 12.5. The third-order valence-electron chi connectivity index (χ3n) is 4.61. The molecule has 34 heavy (non-hydrogen) atoms. The molecule has 0 aliphatic heterocycles. The Morgan fingerprint density at radius 1 is 0.676 bits per heavy atom. The van der Waals surface area contributed by atoms with Crippen LogP contribution in [0, 0.1) is 0 Å². The molecule has 0 bridgehead atoms. The van der Waals surface area contributed by atoms with Gasteiger partial charge in [-0.25, -0.2) is 18.4 Å². The first-order chi connectivity index (χ1) is 16.4. The van der Waals surface area contributed by atoms with E-state index < -0.39 is 10.0 Å². The van der Waals surface area contributed by atoms with Crippen LogP contribution in [-0.4, -0.2) is 18.4 Å². The van der Waals surface area contributed by atoms with Crippen LogP contribution in [0.1, 0.15) is 0 Å². The van der Waals surface area contributed by atoms with Gasteiger partial charge in [0.25, 0.3) is 10.0 Å². The Kier molecular flexibility index (Phi) is 6.50. The third-order valence-corrected chi connectivity index (χ3v) is 5.98. The number of sulfonamides is 1. The van der Waals surface area contributed by atoms with Gasteiger partial charge >= 0.3 is 0 Å². The minimum absolute atomic E-state index is 0.0934. The summed E-state index contributed by atoms with van der Waals surface area (Å²) in [6.45, 7) is 0. The third kappa shape index (κ3) is 5.55. The molecule has 0 saturated heterocycles. The van der Waals surface area contributed by atoms with Crippen molar-refractivity contribution >= 4 is 50.2 Å². The summed E-state index contributed by atoms with van der Waals surface area (Å²) in [5.74, 6) is 0.652. The topological polar surface area (TPSA) is 172 Å². The van der Waals surface area contributed by atoms with Crippen molar-refractivity contribution in [2.45, 2.75) is 4.90 Å². The van der Waals surface area contributed by atoms with Crippen LogP contribution in [0.25, 0.3) is 0 Å². The number of nitrogens with two attached hydrogens (primary N) is 2. The fourth-order valence-electron chi connectivity index (χ4n) is 2.88. The van der Waals surface area contributed by atoms with Crippen LogP contribution in [0.5, 0.6) is 0 Å². The molecule has 0 aliphatic rings. The van der Waals surface area contributed by atoms with E-state index in [0.717, 1.165) is 5.69 Å². The van der Waals surface area contributed by atoms with E-state index in [-0.39, 0.29) is 22.3 Å². The van der Waals surface area contributed by atoms with E-state index in [2.05, 4.69) is 36.4 Å². The van der Waals surface area contributed by atoms with E-state index in [1.54, 1.807) is 36.4 Å². The van der Waals surface area contributed by atoms with Gasteiger partial charge < -0.3 is 22.3 Å². The molecule has 0 fully saturated rings. The SMILES string of the molecule is Nc1nc(N)c(NNc2ccc(S(=O)(=O)Nc3ccccn3)cc2)cc1NNc1ccccc1. The van der Waals surface area contributed by atoms with Gasteiger partial charge in [-0.05, 0) is 54.6 Å². The predicted octanol–water partition coefficient (Wildman–Crippen LogP) is 3.32. The van der Waals surface area contributed by atoms with Gasteiger partial charge in [0.2, 0.25) is 0 Å². The Morgan fingerprint density at radius 2 is 1.26 bits per heavy atom. The lowest BCUT2D eigenvalue weighted by Crippen LogP contribution is -2.16. The highest BCUT2D eigenvalue weighted by Crippen LogP contribution is 2.26. The lowest BCUT2D eigenvalue weighted by molar-refractivity contribution is 0.601. The number of pyridine rings is 2. The van der Waals surface area contributed by atoms with Gasteiger partial charge in [0.05, 0.1) is 27.6 Å². The van der Waals surface area contributed by atoms with E-state index in [4.69, 9.17) is 11.5 Å². The van der Waals surface area contributed by atoms with Gasteiger partial charge in [0.1, 0.15) is 5.82 Å². The van der Waals surface area contributed by atoms with E-state index in [0.29, 0.717) is 17.1 Å². The molecule has 12 heteroatoms. The zero-order valence-corrected chi connectivity index (χ0v) is 18.7. The minimum atomic E-state index is -3.76. The van der Waals surface area contributed by atoms with Crippen molar-refractivity contribution in [2.75, 3.05) is 37.9 Å². The van der Waals surface area contributed by atoms with Crippen LogP contribution in [0.2, 0.25) is 0 Å². The summed E-state index contributed by atoms with van der Waals surface area (Å²) in [4.78, 5) is 8.21. The molecule has 4 aromatic rings. The Morgan fingerprint density at radius 3 is 1.85 bits per heavy atom. The van der Waals surface area contributed by atoms with Crippen molar-refractivity contribution in [3.05, 3.63) is 85.1 Å². The molecule has 0 unspecified atom stereocenters. The molecule has 0 spiro atoms. The van der Waals surface area contributed by atoms with Crippen LogP contribution >= 0.6 is 0 Å². The first-order valence-electron chi connectivity index (χ1n) is 10.1. The molecule has 2 heterocycles. The number of nitrogens with one attached hydrogen (secondary N) is 5. The molecule has 0 atom stereocenters. The molecular weight excluding hydrogens is 454 g/mol. The summed E-state index contributed by atoms with van der Waals surface area (Å²) in [6.07, 6.45) is 1.51. The summed E-state index contributed by atoms with van der Waals surface area (Å²) in [7, 11) is -3.76. The van der Waals surface area contributed by atoms with Crippen LogP contribution < -0.4 is 37.9 Å². The number of benzene rings is 2. The van der Waals surface area contributed by atoms with Crippen molar-refractivity contribution in [3.63, 3.8) is 0 Å². The zero-order chi connectivity index (χ0) is 24.0. The van der Waals surface area contributed by atoms with Gasteiger partial charge in [0, 0.05) is 6.20 Å². The van der Waals surface area contributed by atoms with Crippen LogP contribution in [0.3, 0.4) is 0 Å². The summed E-state index contributed by atoms with van der Waals surface area (Å²) < 4.78 is 27.5. The van der Waals surface area contributed by atoms with Crippen LogP contribution in [-0.2, 0) is 10.0 Å². The maximum absolute atomic E-state index is 12.5. The van der Waals surface area contributed by atoms with Crippen LogP contribution in [0.15, 0.2) is 90.0 Å². The van der Waals surface area contributed by atoms with Gasteiger partial charge in [-0.1, -0.05) is 24.3 Å². The van der Waals surface area contributed by atoms with Gasteiger partial charge in [-0.3, -0.25) is 15.6 Å². The minimum Gasteiger partial charge on any atom is -0.382 e. The second kappa shape index (κ2) is 9.83. The Hall–Kier alpha value is -4.71. The van der Waals surface area contributed by atoms with Crippen LogP contribution in [0.4, 0.5) is 40.2 Å². The lowest BCUT2D eigenvalue weighted by atomic mass is 10.3. The molecule has 11 nitrogen and oxygen atoms in total. The lowest BCUT2D eigenvalue weighted by Gasteiger charge is -2.16. The summed E-state index contributed by atoms with van der Waals surface area (Å²) in [6, 6.07) is 22.3. The molecule has 2 aromatic heterocycles. The average molecular weight is 478 g/mol. The number of para-hydroxylation sites is 1. The van der Waals surface area contributed by atoms with Crippen molar-refractivity contribution in [3.8, 4) is 0 Å². The average Bonchev–Trinajstić information content (AvgIpc) is 2.84. The second-order valence-electron chi connectivity index (χ2n) is 7.06. The molecule has 0 aliphatic carbocycles. The Labute approximate surface area is 196 Å². The highest BCUT2D eigenvalue weighted by molar-refractivity contribution is 7.92. The van der Waals surface area contributed by atoms with Gasteiger partial charge in [-0.2, -0.15) is 0 Å². The molecule has 174 valence electrons. The maximum Gasteiger partial charge on any atom is 0.263 e. The molecule has 0 amide bonds. The van der Waals surface area contributed by atoms with E-state index in [1.807, 2.05) is 30.3 Å². The number of aromatic nitrogens is 2. The summed E-state index contributed by atoms with van der Waals surface area (Å²) in [5.41, 5.74) is 26.3. The van der Waals surface area contributed by atoms with E-state index >= 15 is 0 Å². The zero-order valence-electron chi connectivity index (χ0n) is 17.9. The van der Waals surface area contributed by atoms with Gasteiger partial charge in [-0.15, -0.1) is 0 Å². The number of hydrogen-bond donors (Lipinski definition) is 7. The molecule has 2 aromatic carbocycles. The van der Waals surface area contributed by atoms with Crippen molar-refractivity contribution in [1.82, 2.24) is 9.97 Å². The predicted molar refractivity (Wildman–Crippen MR) is 135 cm³/mol. The fraction of sp³-hybridized carbons (Fsp3) is 0. The number of hydrazine groups is 2. The molecule has 9 N–H and O–H groups in total. The summed E-state index contributed by atoms with van der Waals surface area (Å²) >= 11 is 0. The first kappa shape index (κ1) is 22.5. The first-order valence-corrected chi connectivity index (χ1v) is 11.6. The number of anilines is 7. The molecule has 0 radical (unpaired) electrons. The van der Waals surface area contributed by atoms with E-state index in [9.17, 15) is 8.42 Å². The monoisotopic (exact) mass is 477 g/mol. The van der Waals surface area contributed by atoms with Crippen molar-refractivity contribution in [1.29, 1.82) is 0 Å². The summed E-state index contributed by atoms with van der Waals surface area (Å²) in [5, 5.41) is 0. The quantitative estimate of drug-likeness (QED) is 0.177. The van der Waals surface area contributed by atoms with Gasteiger partial charge in [0.15, 0.2) is 11.6 Å².